The Labute approximate surface area is 129 Å². The van der Waals surface area contributed by atoms with E-state index in [4.69, 9.17) is 0 Å². The zero-order valence-electron chi connectivity index (χ0n) is 12.0. The molecule has 2 N–H and O–H groups in total. The lowest BCUT2D eigenvalue weighted by Gasteiger charge is -2.06. The van der Waals surface area contributed by atoms with Gasteiger partial charge in [-0.15, -0.1) is 0 Å². The third kappa shape index (κ3) is 3.01. The van der Waals surface area contributed by atoms with Gasteiger partial charge in [-0.05, 0) is 11.8 Å². The van der Waals surface area contributed by atoms with E-state index in [1.807, 2.05) is 0 Å². The lowest BCUT2D eigenvalue weighted by atomic mass is 10.4. The van der Waals surface area contributed by atoms with Crippen molar-refractivity contribution in [1.29, 1.82) is 0 Å². The van der Waals surface area contributed by atoms with E-state index in [0.29, 0.717) is 5.17 Å². The molecule has 0 aromatic carbocycles. The van der Waals surface area contributed by atoms with E-state index in [1.165, 1.54) is 32.4 Å². The van der Waals surface area contributed by atoms with E-state index in [1.54, 1.807) is 0 Å². The predicted octanol–water partition coefficient (Wildman–Crippen LogP) is 0.0189. The second-order valence-corrected chi connectivity index (χ2v) is 5.08. The van der Waals surface area contributed by atoms with Crippen LogP contribution in [-0.4, -0.2) is 59.0 Å². The van der Waals surface area contributed by atoms with Gasteiger partial charge in [-0.1, -0.05) is 0 Å². The maximum atomic E-state index is 12.0. The normalized spacial score (nSPS) is 18.1. The van der Waals surface area contributed by atoms with Gasteiger partial charge >= 0.3 is 5.97 Å². The first kappa shape index (κ1) is 15.8. The minimum atomic E-state index is -0.628. The summed E-state index contributed by atoms with van der Waals surface area (Å²) in [6, 6.07) is 0. The quantitative estimate of drug-likeness (QED) is 0.598. The van der Waals surface area contributed by atoms with Crippen LogP contribution in [0, 0.1) is 0 Å². The fraction of sp³-hybridized carbons (Fsp3) is 0.250. The number of hydrogen-bond donors (Lipinski definition) is 2. The van der Waals surface area contributed by atoms with Crippen LogP contribution in [0.2, 0.25) is 0 Å². The summed E-state index contributed by atoms with van der Waals surface area (Å²) >= 11 is 0.998. The van der Waals surface area contributed by atoms with Crippen LogP contribution >= 0.6 is 11.8 Å². The highest BCUT2D eigenvalue weighted by atomic mass is 32.2. The molecule has 1 aliphatic rings. The number of thioether (sulfide) groups is 1. The molecule has 2 heterocycles. The lowest BCUT2D eigenvalue weighted by Crippen LogP contribution is -2.24. The van der Waals surface area contributed by atoms with Crippen molar-refractivity contribution >= 4 is 40.5 Å². The van der Waals surface area contributed by atoms with Crippen molar-refractivity contribution in [2.45, 2.75) is 0 Å². The largest absolute Gasteiger partial charge is 0.466 e. The smallest absolute Gasteiger partial charge is 0.331 e. The molecule has 9 nitrogen and oxygen atoms in total. The Hall–Kier alpha value is -2.62. The van der Waals surface area contributed by atoms with Crippen molar-refractivity contribution in [3.63, 3.8) is 0 Å². The first-order chi connectivity index (χ1) is 10.5. The Kier molecular flexibility index (Phi) is 4.61. The maximum absolute atomic E-state index is 12.0. The monoisotopic (exact) mass is 323 g/mol. The van der Waals surface area contributed by atoms with Gasteiger partial charge in [0, 0.05) is 20.2 Å². The maximum Gasteiger partial charge on any atom is 0.331 e. The number of esters is 1. The summed E-state index contributed by atoms with van der Waals surface area (Å²) in [7, 11) is 4.22. The molecule has 1 fully saturated rings. The number of amides is 2. The topological polar surface area (TPSA) is 117 Å². The Morgan fingerprint density at radius 3 is 2.91 bits per heavy atom. The Bertz CT molecular complexity index is 693. The second kappa shape index (κ2) is 6.43. The molecule has 1 saturated heterocycles. The fourth-order valence-electron chi connectivity index (χ4n) is 1.57. The summed E-state index contributed by atoms with van der Waals surface area (Å²) in [4.78, 5) is 47.2. The average Bonchev–Trinajstić information content (AvgIpc) is 3.07. The number of nitrogens with one attached hydrogen (secondary N) is 2. The van der Waals surface area contributed by atoms with Gasteiger partial charge in [0.2, 0.25) is 0 Å². The molecule has 2 rings (SSSR count). The molecule has 116 valence electrons. The highest BCUT2D eigenvalue weighted by Gasteiger charge is 2.31. The molecule has 0 radical (unpaired) electrons. The number of rotatable bonds is 3. The van der Waals surface area contributed by atoms with Gasteiger partial charge in [0.1, 0.15) is 0 Å². The SMILES string of the molecule is CNC(=O)c1[nH]cnc1N=C1S/C(=C/C(=O)OC)C(=O)N1C. The number of hydrogen-bond acceptors (Lipinski definition) is 7. The molecular weight excluding hydrogens is 310 g/mol. The Morgan fingerprint density at radius 2 is 2.27 bits per heavy atom. The number of aromatic amines is 1. The molecule has 10 heteroatoms. The Morgan fingerprint density at radius 1 is 1.55 bits per heavy atom. The summed E-state index contributed by atoms with van der Waals surface area (Å²) in [5, 5.41) is 2.76. The zero-order chi connectivity index (χ0) is 16.3. The van der Waals surface area contributed by atoms with Crippen molar-refractivity contribution in [3.05, 3.63) is 23.0 Å². The number of aliphatic imine (C=N–C) groups is 1. The van der Waals surface area contributed by atoms with Crippen LogP contribution < -0.4 is 5.32 Å². The van der Waals surface area contributed by atoms with Crippen LogP contribution in [0.25, 0.3) is 0 Å². The van der Waals surface area contributed by atoms with Gasteiger partial charge in [0.15, 0.2) is 16.7 Å². The number of carbonyl (C=O) groups excluding carboxylic acids is 3. The van der Waals surface area contributed by atoms with Crippen molar-refractivity contribution in [2.75, 3.05) is 21.2 Å². The molecule has 0 aliphatic carbocycles. The van der Waals surface area contributed by atoms with Gasteiger partial charge in [0.25, 0.3) is 11.8 Å². The van der Waals surface area contributed by atoms with E-state index in [-0.39, 0.29) is 28.2 Å². The fourth-order valence-corrected chi connectivity index (χ4v) is 2.50. The van der Waals surface area contributed by atoms with E-state index in [9.17, 15) is 14.4 Å². The molecule has 1 aromatic heterocycles. The lowest BCUT2D eigenvalue weighted by molar-refractivity contribution is -0.135. The number of carbonyl (C=O) groups is 3. The molecule has 0 unspecified atom stereocenters. The molecule has 1 aromatic rings. The van der Waals surface area contributed by atoms with Gasteiger partial charge in [-0.2, -0.15) is 0 Å². The van der Waals surface area contributed by atoms with Gasteiger partial charge in [-0.3, -0.25) is 14.5 Å². The third-order valence-electron chi connectivity index (χ3n) is 2.73. The van der Waals surface area contributed by atoms with E-state index in [2.05, 4.69) is 25.0 Å². The molecule has 0 bridgehead atoms. The Balaban J connectivity index is 2.32. The number of amidine groups is 1. The number of ether oxygens (including phenoxy) is 1. The number of imidazole rings is 1. The average molecular weight is 323 g/mol. The standard InChI is InChI=1S/C12H13N5O4S/c1-13-10(19)8-9(15-5-14-8)16-12-17(2)11(20)6(22-12)4-7(18)21-3/h4-5H,1-3H3,(H,13,19)(H,14,15)/b6-4+,16-12?. The van der Waals surface area contributed by atoms with Crippen LogP contribution in [0.15, 0.2) is 22.3 Å². The molecule has 0 atom stereocenters. The number of aromatic nitrogens is 2. The summed E-state index contributed by atoms with van der Waals surface area (Å²) in [5.74, 6) is -1.23. The van der Waals surface area contributed by atoms with Crippen molar-refractivity contribution in [1.82, 2.24) is 20.2 Å². The van der Waals surface area contributed by atoms with E-state index < -0.39 is 5.97 Å². The van der Waals surface area contributed by atoms with Gasteiger partial charge in [0.05, 0.1) is 18.3 Å². The molecule has 22 heavy (non-hydrogen) atoms. The molecule has 0 saturated carbocycles. The number of likely N-dealkylation sites (N-methyl/N-ethyl adjacent to an activating group) is 1. The molecule has 0 spiro atoms. The number of H-pyrrole nitrogens is 1. The summed E-state index contributed by atoms with van der Waals surface area (Å²) in [5.41, 5.74) is 0.182. The van der Waals surface area contributed by atoms with Crippen LogP contribution in [0.4, 0.5) is 5.82 Å². The van der Waals surface area contributed by atoms with Crippen LogP contribution in [0.1, 0.15) is 10.5 Å². The van der Waals surface area contributed by atoms with Crippen LogP contribution in [-0.2, 0) is 14.3 Å². The summed E-state index contributed by atoms with van der Waals surface area (Å²) in [6.45, 7) is 0. The summed E-state index contributed by atoms with van der Waals surface area (Å²) < 4.78 is 4.49. The molecule has 2 amide bonds. The summed E-state index contributed by atoms with van der Waals surface area (Å²) in [6.07, 6.45) is 2.42. The molecular formula is C12H13N5O4S. The highest BCUT2D eigenvalue weighted by molar-refractivity contribution is 8.18. The first-order valence-electron chi connectivity index (χ1n) is 6.07. The van der Waals surface area contributed by atoms with Crippen molar-refractivity contribution in [2.24, 2.45) is 4.99 Å². The van der Waals surface area contributed by atoms with E-state index in [0.717, 1.165) is 17.8 Å². The van der Waals surface area contributed by atoms with Gasteiger partial charge < -0.3 is 15.0 Å². The van der Waals surface area contributed by atoms with Crippen LogP contribution in [0.3, 0.4) is 0 Å². The minimum absolute atomic E-state index is 0.154. The van der Waals surface area contributed by atoms with Crippen molar-refractivity contribution < 1.29 is 19.1 Å². The highest BCUT2D eigenvalue weighted by Crippen LogP contribution is 2.31. The number of methoxy groups -OCH3 is 1. The number of nitrogens with zero attached hydrogens (tertiary/aromatic N) is 3. The van der Waals surface area contributed by atoms with E-state index >= 15 is 0 Å². The first-order valence-corrected chi connectivity index (χ1v) is 6.89. The predicted molar refractivity (Wildman–Crippen MR) is 79.5 cm³/mol. The third-order valence-corrected chi connectivity index (χ3v) is 3.79. The minimum Gasteiger partial charge on any atom is -0.466 e. The zero-order valence-corrected chi connectivity index (χ0v) is 12.9. The second-order valence-electron chi connectivity index (χ2n) is 4.07. The van der Waals surface area contributed by atoms with Crippen molar-refractivity contribution in [3.8, 4) is 0 Å². The molecule has 1 aliphatic heterocycles. The van der Waals surface area contributed by atoms with Crippen LogP contribution in [0.5, 0.6) is 0 Å². The van der Waals surface area contributed by atoms with Gasteiger partial charge in [-0.25, -0.2) is 14.8 Å².